The van der Waals surface area contributed by atoms with Crippen LogP contribution in [0.3, 0.4) is 0 Å². The van der Waals surface area contributed by atoms with Crippen LogP contribution in [0, 0.1) is 0 Å². The molecule has 0 bridgehead atoms. The third kappa shape index (κ3) is 3.41. The zero-order valence-corrected chi connectivity index (χ0v) is 14.6. The quantitative estimate of drug-likeness (QED) is 0.256. The predicted octanol–water partition coefficient (Wildman–Crippen LogP) is 2.83. The van der Waals surface area contributed by atoms with Crippen LogP contribution in [-0.4, -0.2) is 52.7 Å². The first-order valence-electron chi connectivity index (χ1n) is 7.23. The predicted molar refractivity (Wildman–Crippen MR) is 80.4 cm³/mol. The first kappa shape index (κ1) is 16.7. The summed E-state index contributed by atoms with van der Waals surface area (Å²) in [6, 6.07) is -0.351. The van der Waals surface area contributed by atoms with Crippen LogP contribution < -0.4 is 0 Å². The van der Waals surface area contributed by atoms with E-state index < -0.39 is 14.6 Å². The maximum absolute atomic E-state index is 8.74. The molecule has 0 amide bonds. The Labute approximate surface area is 126 Å². The second kappa shape index (κ2) is 5.87. The van der Waals surface area contributed by atoms with Gasteiger partial charge in [0, 0.05) is 12.0 Å². The molecule has 0 radical (unpaired) electrons. The van der Waals surface area contributed by atoms with Gasteiger partial charge < -0.3 is 18.6 Å². The van der Waals surface area contributed by atoms with Crippen LogP contribution in [0.1, 0.15) is 20.8 Å². The van der Waals surface area contributed by atoms with E-state index in [0.29, 0.717) is 6.61 Å². The first-order valence-corrected chi connectivity index (χ1v) is 10.1. The van der Waals surface area contributed by atoms with E-state index in [4.69, 9.17) is 24.2 Å². The van der Waals surface area contributed by atoms with Crippen molar-refractivity contribution in [3.05, 3.63) is 10.4 Å². The molecule has 2 fully saturated rings. The molecule has 0 unspecified atom stereocenters. The summed E-state index contributed by atoms with van der Waals surface area (Å²) in [4.78, 5) is 2.91. The molecule has 8 heteroatoms. The highest BCUT2D eigenvalue weighted by atomic mass is 28.4. The number of ether oxygens (including phenoxy) is 3. The minimum atomic E-state index is -1.88. The van der Waals surface area contributed by atoms with Crippen molar-refractivity contribution in [3.8, 4) is 0 Å². The van der Waals surface area contributed by atoms with Crippen LogP contribution in [0.25, 0.3) is 10.4 Å². The van der Waals surface area contributed by atoms with Gasteiger partial charge in [-0.05, 0) is 23.7 Å². The summed E-state index contributed by atoms with van der Waals surface area (Å²) in [5.74, 6) is 0. The van der Waals surface area contributed by atoms with Gasteiger partial charge in [-0.25, -0.2) is 0 Å². The van der Waals surface area contributed by atoms with Crippen LogP contribution in [-0.2, 0) is 18.6 Å². The third-order valence-corrected chi connectivity index (χ3v) is 9.19. The molecule has 2 saturated heterocycles. The van der Waals surface area contributed by atoms with Crippen LogP contribution in [0.15, 0.2) is 5.11 Å². The van der Waals surface area contributed by atoms with Gasteiger partial charge >= 0.3 is 0 Å². The van der Waals surface area contributed by atoms with E-state index in [1.165, 1.54) is 0 Å². The Balaban J connectivity index is 2.04. The molecular formula is C13H25N3O4Si. The molecule has 21 heavy (non-hydrogen) atoms. The number of hydrogen-bond donors (Lipinski definition) is 0. The lowest BCUT2D eigenvalue weighted by atomic mass is 10.0. The van der Waals surface area contributed by atoms with E-state index in [9.17, 15) is 0 Å². The number of fused-ring (bicyclic) bond motifs is 1. The molecule has 0 N–H and O–H groups in total. The van der Waals surface area contributed by atoms with Gasteiger partial charge in [0.25, 0.3) is 0 Å². The molecule has 2 heterocycles. The highest BCUT2D eigenvalue weighted by Gasteiger charge is 2.58. The van der Waals surface area contributed by atoms with Crippen molar-refractivity contribution in [2.24, 2.45) is 5.11 Å². The molecule has 120 valence electrons. The van der Waals surface area contributed by atoms with Crippen molar-refractivity contribution in [2.75, 3.05) is 13.7 Å². The SMILES string of the molecule is CO[C@H]1O[C@H](CO[Si](C)(C)C(C)(C)C)[C@H](N=[N+]=[N-])[C@H]2O[C@@H]12. The summed E-state index contributed by atoms with van der Waals surface area (Å²) in [5.41, 5.74) is 8.74. The van der Waals surface area contributed by atoms with Gasteiger partial charge in [-0.2, -0.15) is 0 Å². The summed E-state index contributed by atoms with van der Waals surface area (Å²) in [5, 5.41) is 3.95. The monoisotopic (exact) mass is 315 g/mol. The lowest BCUT2D eigenvalue weighted by Gasteiger charge is -2.39. The van der Waals surface area contributed by atoms with Gasteiger partial charge in [0.1, 0.15) is 12.2 Å². The lowest BCUT2D eigenvalue weighted by molar-refractivity contribution is -0.184. The molecular weight excluding hydrogens is 290 g/mol. The summed E-state index contributed by atoms with van der Waals surface area (Å²) >= 11 is 0. The van der Waals surface area contributed by atoms with Crippen molar-refractivity contribution in [2.45, 2.75) is 69.5 Å². The minimum Gasteiger partial charge on any atom is -0.414 e. The number of hydrogen-bond acceptors (Lipinski definition) is 5. The van der Waals surface area contributed by atoms with E-state index in [1.54, 1.807) is 7.11 Å². The van der Waals surface area contributed by atoms with E-state index in [1.807, 2.05) is 0 Å². The van der Waals surface area contributed by atoms with Crippen LogP contribution in [0.4, 0.5) is 0 Å². The van der Waals surface area contributed by atoms with Gasteiger partial charge in [0.15, 0.2) is 14.6 Å². The molecule has 2 aliphatic rings. The Morgan fingerprint density at radius 2 is 1.90 bits per heavy atom. The van der Waals surface area contributed by atoms with Crippen molar-refractivity contribution >= 4 is 8.32 Å². The van der Waals surface area contributed by atoms with Crippen molar-refractivity contribution < 1.29 is 18.6 Å². The molecule has 0 aromatic heterocycles. The van der Waals surface area contributed by atoms with Crippen molar-refractivity contribution in [3.63, 3.8) is 0 Å². The fraction of sp³-hybridized carbons (Fsp3) is 1.00. The zero-order valence-electron chi connectivity index (χ0n) is 13.6. The maximum atomic E-state index is 8.74. The number of methoxy groups -OCH3 is 1. The van der Waals surface area contributed by atoms with Gasteiger partial charge in [-0.1, -0.05) is 25.9 Å². The van der Waals surface area contributed by atoms with Gasteiger partial charge in [0.05, 0.1) is 18.8 Å². The molecule has 0 saturated carbocycles. The Hall–Kier alpha value is -0.633. The highest BCUT2D eigenvalue weighted by Crippen LogP contribution is 2.41. The van der Waals surface area contributed by atoms with Crippen LogP contribution in [0.5, 0.6) is 0 Å². The van der Waals surface area contributed by atoms with Crippen LogP contribution >= 0.6 is 0 Å². The molecule has 0 aromatic carbocycles. The third-order valence-electron chi connectivity index (χ3n) is 4.69. The van der Waals surface area contributed by atoms with E-state index in [0.717, 1.165) is 0 Å². The number of rotatable bonds is 5. The number of nitrogens with zero attached hydrogens (tertiary/aromatic N) is 3. The standard InChI is InChI=1S/C13H25N3O4Si/c1-13(2,3)21(5,6)18-7-8-9(15-16-14)10-11(20-10)12(17-4)19-8/h8-12H,7H2,1-6H3/t8-,9+,10-,11-,12+/m1/s1. The van der Waals surface area contributed by atoms with Crippen LogP contribution in [0.2, 0.25) is 18.1 Å². The lowest BCUT2D eigenvalue weighted by Crippen LogP contribution is -2.50. The fourth-order valence-corrected chi connectivity index (χ4v) is 3.22. The molecule has 5 atom stereocenters. The fourth-order valence-electron chi connectivity index (χ4n) is 2.21. The number of azide groups is 1. The second-order valence-corrected chi connectivity index (χ2v) is 11.9. The Morgan fingerprint density at radius 1 is 1.24 bits per heavy atom. The van der Waals surface area contributed by atoms with Gasteiger partial charge in [0.2, 0.25) is 0 Å². The van der Waals surface area contributed by atoms with Crippen molar-refractivity contribution in [1.82, 2.24) is 0 Å². The highest BCUT2D eigenvalue weighted by molar-refractivity contribution is 6.74. The summed E-state index contributed by atoms with van der Waals surface area (Å²) in [7, 11) is -0.292. The summed E-state index contributed by atoms with van der Waals surface area (Å²) in [6.45, 7) is 11.3. The minimum absolute atomic E-state index is 0.118. The Bertz CT molecular complexity index is 434. The summed E-state index contributed by atoms with van der Waals surface area (Å²) in [6.07, 6.45) is -0.987. The molecule has 2 aliphatic heterocycles. The largest absolute Gasteiger partial charge is 0.414 e. The van der Waals surface area contributed by atoms with E-state index in [2.05, 4.69) is 43.9 Å². The molecule has 2 rings (SSSR count). The Kier molecular flexibility index (Phi) is 4.68. The first-order chi connectivity index (χ1) is 9.71. The maximum Gasteiger partial charge on any atom is 0.192 e. The van der Waals surface area contributed by atoms with Crippen molar-refractivity contribution in [1.29, 1.82) is 0 Å². The topological polar surface area (TPSA) is 89.0 Å². The Morgan fingerprint density at radius 3 is 2.43 bits per heavy atom. The second-order valence-electron chi connectivity index (χ2n) is 7.11. The van der Waals surface area contributed by atoms with Gasteiger partial charge in [-0.3, -0.25) is 0 Å². The van der Waals surface area contributed by atoms with E-state index >= 15 is 0 Å². The molecule has 0 aromatic rings. The average molecular weight is 315 g/mol. The molecule has 7 nitrogen and oxygen atoms in total. The molecule has 0 aliphatic carbocycles. The van der Waals surface area contributed by atoms with E-state index in [-0.39, 0.29) is 29.4 Å². The number of epoxide rings is 1. The normalized spacial score (nSPS) is 35.8. The zero-order chi connectivity index (χ0) is 15.8. The summed E-state index contributed by atoms with van der Waals surface area (Å²) < 4.78 is 22.8. The smallest absolute Gasteiger partial charge is 0.192 e. The van der Waals surface area contributed by atoms with Gasteiger partial charge in [-0.15, -0.1) is 0 Å². The molecule has 0 spiro atoms. The average Bonchev–Trinajstić information content (AvgIpc) is 3.16.